The summed E-state index contributed by atoms with van der Waals surface area (Å²) in [6.07, 6.45) is 11.1. The molecule has 2 rings (SSSR count). The zero-order chi connectivity index (χ0) is 20.6. The number of unbranched alkanes of at least 4 members (excludes halogenated alkanes) is 1. The molecule has 4 heteroatoms. The van der Waals surface area contributed by atoms with Gasteiger partial charge in [-0.2, -0.15) is 0 Å². The first-order valence-corrected chi connectivity index (χ1v) is 10.6. The number of nitrogens with zero attached hydrogens (tertiary/aromatic N) is 1. The lowest BCUT2D eigenvalue weighted by molar-refractivity contribution is -0.135. The molecule has 1 fully saturated rings. The summed E-state index contributed by atoms with van der Waals surface area (Å²) in [7, 11) is 3.45. The fraction of sp³-hybridized carbons (Fsp3) is 0.625. The van der Waals surface area contributed by atoms with Gasteiger partial charge in [0.25, 0.3) is 0 Å². The summed E-state index contributed by atoms with van der Waals surface area (Å²) in [4.78, 5) is 13.5. The van der Waals surface area contributed by atoms with E-state index in [1.165, 1.54) is 10.5 Å². The second-order valence-corrected chi connectivity index (χ2v) is 8.95. The molecule has 0 radical (unpaired) electrons. The molecule has 0 heterocycles. The van der Waals surface area contributed by atoms with Gasteiger partial charge < -0.3 is 15.1 Å². The largest absolute Gasteiger partial charge is 0.389 e. The molecule has 1 amide bonds. The zero-order valence-electron chi connectivity index (χ0n) is 17.7. The highest BCUT2D eigenvalue weighted by Gasteiger charge is 2.36. The molecule has 0 bridgehead atoms. The van der Waals surface area contributed by atoms with Crippen molar-refractivity contribution in [2.24, 2.45) is 5.92 Å². The Labute approximate surface area is 170 Å². The van der Waals surface area contributed by atoms with E-state index in [1.54, 1.807) is 14.1 Å². The molecule has 3 atom stereocenters. The van der Waals surface area contributed by atoms with Crippen LogP contribution in [-0.2, 0) is 11.2 Å². The number of amides is 1. The summed E-state index contributed by atoms with van der Waals surface area (Å²) in [6, 6.07) is 10.4. The molecule has 4 nitrogen and oxygen atoms in total. The van der Waals surface area contributed by atoms with Gasteiger partial charge in [0.15, 0.2) is 0 Å². The predicted molar refractivity (Wildman–Crippen MR) is 114 cm³/mol. The van der Waals surface area contributed by atoms with Crippen LogP contribution in [0.25, 0.3) is 0 Å². The van der Waals surface area contributed by atoms with Crippen LogP contribution in [-0.4, -0.2) is 46.3 Å². The van der Waals surface area contributed by atoms with Crippen LogP contribution in [0.4, 0.5) is 0 Å². The summed E-state index contributed by atoms with van der Waals surface area (Å²) in [5.74, 6) is 0.182. The van der Waals surface area contributed by atoms with Crippen LogP contribution in [0.2, 0.25) is 0 Å². The maximum absolute atomic E-state index is 12.0. The van der Waals surface area contributed by atoms with Crippen LogP contribution in [0.15, 0.2) is 42.5 Å². The van der Waals surface area contributed by atoms with Crippen molar-refractivity contribution in [3.63, 3.8) is 0 Å². The zero-order valence-corrected chi connectivity index (χ0v) is 17.7. The number of allylic oxidation sites excluding steroid dienone is 1. The highest BCUT2D eigenvalue weighted by molar-refractivity contribution is 5.76. The first kappa shape index (κ1) is 22.6. The van der Waals surface area contributed by atoms with Crippen LogP contribution >= 0.6 is 0 Å². The topological polar surface area (TPSA) is 60.8 Å². The lowest BCUT2D eigenvalue weighted by Crippen LogP contribution is -2.40. The van der Waals surface area contributed by atoms with Crippen molar-refractivity contribution >= 4 is 5.91 Å². The lowest BCUT2D eigenvalue weighted by Gasteiger charge is -2.36. The van der Waals surface area contributed by atoms with Gasteiger partial charge >= 0.3 is 0 Å². The number of aryl methyl sites for hydroxylation is 1. The molecule has 0 spiro atoms. The average molecular weight is 388 g/mol. The summed E-state index contributed by atoms with van der Waals surface area (Å²) < 4.78 is 0. The van der Waals surface area contributed by atoms with Crippen molar-refractivity contribution in [3.05, 3.63) is 48.0 Å². The normalized spacial score (nSPS) is 24.8. The smallest absolute Gasteiger partial charge is 0.224 e. The van der Waals surface area contributed by atoms with Gasteiger partial charge in [0.2, 0.25) is 5.91 Å². The first-order valence-electron chi connectivity index (χ1n) is 10.6. The van der Waals surface area contributed by atoms with E-state index in [4.69, 9.17) is 0 Å². The van der Waals surface area contributed by atoms with Crippen LogP contribution in [0.3, 0.4) is 0 Å². The number of carbonyl (C=O) groups is 1. The Kier molecular flexibility index (Phi) is 8.26. The van der Waals surface area contributed by atoms with Crippen molar-refractivity contribution < 1.29 is 15.0 Å². The van der Waals surface area contributed by atoms with E-state index in [-0.39, 0.29) is 18.2 Å². The van der Waals surface area contributed by atoms with E-state index < -0.39 is 11.2 Å². The van der Waals surface area contributed by atoms with Gasteiger partial charge in [0.1, 0.15) is 0 Å². The summed E-state index contributed by atoms with van der Waals surface area (Å²) in [5.41, 5.74) is -0.409. The Morgan fingerprint density at radius 2 is 2.00 bits per heavy atom. The molecule has 0 aliphatic heterocycles. The van der Waals surface area contributed by atoms with Crippen molar-refractivity contribution in [1.29, 1.82) is 0 Å². The van der Waals surface area contributed by atoms with E-state index in [1.807, 2.05) is 19.1 Å². The van der Waals surface area contributed by atoms with Gasteiger partial charge in [0, 0.05) is 14.1 Å². The number of benzene rings is 1. The second-order valence-electron chi connectivity index (χ2n) is 8.95. The van der Waals surface area contributed by atoms with Gasteiger partial charge in [-0.3, -0.25) is 4.79 Å². The Bertz CT molecular complexity index is 639. The third-order valence-corrected chi connectivity index (χ3v) is 5.81. The van der Waals surface area contributed by atoms with Crippen molar-refractivity contribution in [1.82, 2.24) is 4.90 Å². The SMILES string of the molecule is CN(C)C(=O)C[C@]1(O)CCC[C@H](/C=C/[C@](C)(O)CCCCc2ccccc2)C1. The molecule has 0 unspecified atom stereocenters. The first-order chi connectivity index (χ1) is 13.2. The Morgan fingerprint density at radius 3 is 2.68 bits per heavy atom. The van der Waals surface area contributed by atoms with Gasteiger partial charge in [-0.05, 0) is 69.8 Å². The van der Waals surface area contributed by atoms with E-state index in [0.29, 0.717) is 12.8 Å². The highest BCUT2D eigenvalue weighted by Crippen LogP contribution is 2.36. The van der Waals surface area contributed by atoms with Crippen molar-refractivity contribution in [2.75, 3.05) is 14.1 Å². The number of hydrogen-bond donors (Lipinski definition) is 2. The average Bonchev–Trinajstić information content (AvgIpc) is 2.64. The van der Waals surface area contributed by atoms with Crippen molar-refractivity contribution in [3.8, 4) is 0 Å². The van der Waals surface area contributed by atoms with Crippen LogP contribution in [0, 0.1) is 5.92 Å². The molecule has 1 aromatic carbocycles. The molecule has 1 aliphatic rings. The monoisotopic (exact) mass is 387 g/mol. The summed E-state index contributed by atoms with van der Waals surface area (Å²) >= 11 is 0. The van der Waals surface area contributed by atoms with Crippen LogP contribution in [0.1, 0.15) is 63.9 Å². The molecule has 1 aromatic rings. The summed E-state index contributed by atoms with van der Waals surface area (Å²) in [5, 5.41) is 21.5. The molecule has 0 aromatic heterocycles. The third-order valence-electron chi connectivity index (χ3n) is 5.81. The number of rotatable bonds is 9. The number of hydrogen-bond acceptors (Lipinski definition) is 3. The highest BCUT2D eigenvalue weighted by atomic mass is 16.3. The Hall–Kier alpha value is -1.65. The Morgan fingerprint density at radius 1 is 1.29 bits per heavy atom. The molecule has 0 saturated heterocycles. The van der Waals surface area contributed by atoms with Gasteiger partial charge in [-0.25, -0.2) is 0 Å². The maximum atomic E-state index is 12.0. The molecule has 28 heavy (non-hydrogen) atoms. The molecular formula is C24H37NO3. The molecule has 1 saturated carbocycles. The minimum absolute atomic E-state index is 0.0301. The third kappa shape index (κ3) is 7.76. The summed E-state index contributed by atoms with van der Waals surface area (Å²) in [6.45, 7) is 1.86. The fourth-order valence-corrected chi connectivity index (χ4v) is 4.03. The second kappa shape index (κ2) is 10.2. The minimum Gasteiger partial charge on any atom is -0.389 e. The van der Waals surface area contributed by atoms with E-state index >= 15 is 0 Å². The van der Waals surface area contributed by atoms with Crippen LogP contribution in [0.5, 0.6) is 0 Å². The fourth-order valence-electron chi connectivity index (χ4n) is 4.03. The quantitative estimate of drug-likeness (QED) is 0.495. The lowest BCUT2D eigenvalue weighted by atomic mass is 9.75. The number of carbonyl (C=O) groups excluding carboxylic acids is 1. The molecular weight excluding hydrogens is 350 g/mol. The number of aliphatic hydroxyl groups is 2. The van der Waals surface area contributed by atoms with Crippen LogP contribution < -0.4 is 0 Å². The van der Waals surface area contributed by atoms with Crippen molar-refractivity contribution in [2.45, 2.75) is 75.9 Å². The molecule has 1 aliphatic carbocycles. The van der Waals surface area contributed by atoms with E-state index in [2.05, 4.69) is 30.3 Å². The van der Waals surface area contributed by atoms with Gasteiger partial charge in [0.05, 0.1) is 17.6 Å². The maximum Gasteiger partial charge on any atom is 0.224 e. The van der Waals surface area contributed by atoms with Gasteiger partial charge in [-0.1, -0.05) is 42.5 Å². The minimum atomic E-state index is -0.920. The molecule has 156 valence electrons. The standard InChI is InChI=1S/C24H37NO3/c1-23(27,15-8-7-12-20-10-5-4-6-11-20)17-14-21-13-9-16-24(28,18-21)19-22(26)25(2)3/h4-6,10-11,14,17,21,27-28H,7-9,12-13,15-16,18-19H2,1-3H3/b17-14+/t21-,23-,24+/m1/s1. The predicted octanol–water partition coefficient (Wildman–Crippen LogP) is 4.11. The van der Waals surface area contributed by atoms with E-state index in [9.17, 15) is 15.0 Å². The van der Waals surface area contributed by atoms with Gasteiger partial charge in [-0.15, -0.1) is 0 Å². The Balaban J connectivity index is 1.79. The van der Waals surface area contributed by atoms with E-state index in [0.717, 1.165) is 38.5 Å². The molecule has 2 N–H and O–H groups in total.